The summed E-state index contributed by atoms with van der Waals surface area (Å²) in [6, 6.07) is 21.3. The van der Waals surface area contributed by atoms with Crippen molar-refractivity contribution in [2.24, 2.45) is 11.8 Å². The van der Waals surface area contributed by atoms with Crippen molar-refractivity contribution < 1.29 is 9.59 Å². The number of anilines is 1. The second-order valence-electron chi connectivity index (χ2n) is 8.47. The average Bonchev–Trinajstić information content (AvgIpc) is 3.01. The minimum Gasteiger partial charge on any atom is -0.274 e. The molecule has 0 saturated carbocycles. The fourth-order valence-corrected chi connectivity index (χ4v) is 6.54. The Morgan fingerprint density at radius 2 is 1.43 bits per heavy atom. The highest BCUT2D eigenvalue weighted by Crippen LogP contribution is 2.64. The van der Waals surface area contributed by atoms with E-state index in [2.05, 4.69) is 31.2 Å². The van der Waals surface area contributed by atoms with E-state index >= 15 is 0 Å². The molecule has 0 spiro atoms. The number of amides is 2. The van der Waals surface area contributed by atoms with Gasteiger partial charge in [-0.3, -0.25) is 9.59 Å². The van der Waals surface area contributed by atoms with Gasteiger partial charge in [-0.05, 0) is 40.5 Å². The molecular weight excluding hydrogens is 417 g/mol. The van der Waals surface area contributed by atoms with Gasteiger partial charge in [0.25, 0.3) is 0 Å². The molecular formula is C25H17Cl2NO2. The van der Waals surface area contributed by atoms with Gasteiger partial charge in [0.1, 0.15) is 0 Å². The summed E-state index contributed by atoms with van der Waals surface area (Å²) >= 11 is 12.5. The third kappa shape index (κ3) is 2.02. The Morgan fingerprint density at radius 3 is 2.03 bits per heavy atom. The van der Waals surface area contributed by atoms with Gasteiger partial charge in [0.2, 0.25) is 11.8 Å². The molecule has 1 aliphatic heterocycles. The highest BCUT2D eigenvalue weighted by atomic mass is 35.5. The lowest BCUT2D eigenvalue weighted by molar-refractivity contribution is -0.123. The summed E-state index contributed by atoms with van der Waals surface area (Å²) in [7, 11) is 0. The van der Waals surface area contributed by atoms with Gasteiger partial charge in [-0.25, -0.2) is 4.90 Å². The molecule has 3 aromatic carbocycles. The quantitative estimate of drug-likeness (QED) is 0.470. The third-order valence-corrected chi connectivity index (χ3v) is 7.73. The molecule has 2 bridgehead atoms. The van der Waals surface area contributed by atoms with Gasteiger partial charge in [0.05, 0.1) is 22.5 Å². The predicted molar refractivity (Wildman–Crippen MR) is 117 cm³/mol. The zero-order valence-corrected chi connectivity index (χ0v) is 17.6. The highest BCUT2D eigenvalue weighted by Gasteiger charge is 2.66. The van der Waals surface area contributed by atoms with E-state index in [4.69, 9.17) is 23.2 Å². The SMILES string of the molecule is CC12c3ccccc3C(c3ccccc31)[C@@H]1C(=O)N(c3ccc(Cl)cc3Cl)C(=O)[C@@H]12. The number of imide groups is 1. The lowest BCUT2D eigenvalue weighted by Gasteiger charge is -2.52. The molecule has 1 fully saturated rings. The van der Waals surface area contributed by atoms with Crippen molar-refractivity contribution in [1.29, 1.82) is 0 Å². The molecule has 3 aliphatic carbocycles. The zero-order valence-electron chi connectivity index (χ0n) is 16.1. The van der Waals surface area contributed by atoms with Crippen molar-refractivity contribution in [3.05, 3.63) is 99.0 Å². The van der Waals surface area contributed by atoms with E-state index in [0.717, 1.165) is 22.3 Å². The molecule has 7 rings (SSSR count). The first-order chi connectivity index (χ1) is 14.4. The summed E-state index contributed by atoms with van der Waals surface area (Å²) in [6.07, 6.45) is 0. The minimum absolute atomic E-state index is 0.142. The molecule has 0 N–H and O–H groups in total. The van der Waals surface area contributed by atoms with Crippen LogP contribution >= 0.6 is 23.2 Å². The summed E-state index contributed by atoms with van der Waals surface area (Å²) in [5, 5.41) is 0.766. The van der Waals surface area contributed by atoms with Crippen LogP contribution in [0.15, 0.2) is 66.7 Å². The Morgan fingerprint density at radius 1 is 0.833 bits per heavy atom. The second-order valence-corrected chi connectivity index (χ2v) is 9.31. The Labute approximate surface area is 184 Å². The van der Waals surface area contributed by atoms with Gasteiger partial charge in [-0.2, -0.15) is 0 Å². The number of nitrogens with zero attached hydrogens (tertiary/aromatic N) is 1. The molecule has 0 aromatic heterocycles. The van der Waals surface area contributed by atoms with Crippen molar-refractivity contribution >= 4 is 40.7 Å². The van der Waals surface area contributed by atoms with E-state index in [1.165, 1.54) is 4.90 Å². The van der Waals surface area contributed by atoms with Gasteiger partial charge in [0.15, 0.2) is 0 Å². The second kappa shape index (κ2) is 5.96. The van der Waals surface area contributed by atoms with E-state index in [9.17, 15) is 9.59 Å². The minimum atomic E-state index is -0.576. The van der Waals surface area contributed by atoms with Gasteiger partial charge >= 0.3 is 0 Å². The Balaban J connectivity index is 1.62. The number of hydrogen-bond donors (Lipinski definition) is 0. The molecule has 1 heterocycles. The lowest BCUT2D eigenvalue weighted by Crippen LogP contribution is -2.51. The van der Waals surface area contributed by atoms with Crippen LogP contribution < -0.4 is 4.90 Å². The molecule has 148 valence electrons. The first-order valence-electron chi connectivity index (χ1n) is 9.96. The van der Waals surface area contributed by atoms with Crippen molar-refractivity contribution in [2.45, 2.75) is 18.3 Å². The van der Waals surface area contributed by atoms with Crippen LogP contribution in [0.4, 0.5) is 5.69 Å². The van der Waals surface area contributed by atoms with Gasteiger partial charge in [0, 0.05) is 16.4 Å². The van der Waals surface area contributed by atoms with Crippen LogP contribution in [0.1, 0.15) is 35.1 Å². The molecule has 0 radical (unpaired) electrons. The molecule has 2 amide bonds. The lowest BCUT2D eigenvalue weighted by atomic mass is 9.48. The van der Waals surface area contributed by atoms with Crippen LogP contribution in [0.2, 0.25) is 10.0 Å². The molecule has 4 aliphatic rings. The van der Waals surface area contributed by atoms with E-state index in [0.29, 0.717) is 15.7 Å². The topological polar surface area (TPSA) is 37.4 Å². The van der Waals surface area contributed by atoms with Gasteiger partial charge in [-0.1, -0.05) is 78.7 Å². The molecule has 5 heteroatoms. The van der Waals surface area contributed by atoms with Crippen LogP contribution in [0.5, 0.6) is 0 Å². The largest absolute Gasteiger partial charge is 0.274 e. The molecule has 30 heavy (non-hydrogen) atoms. The van der Waals surface area contributed by atoms with E-state index in [1.807, 2.05) is 24.3 Å². The van der Waals surface area contributed by atoms with Gasteiger partial charge in [-0.15, -0.1) is 0 Å². The van der Waals surface area contributed by atoms with E-state index in [1.54, 1.807) is 18.2 Å². The number of carbonyl (C=O) groups is 2. The smallest absolute Gasteiger partial charge is 0.239 e. The number of carbonyl (C=O) groups excluding carboxylic acids is 2. The van der Waals surface area contributed by atoms with Gasteiger partial charge < -0.3 is 0 Å². The molecule has 2 atom stereocenters. The first-order valence-corrected chi connectivity index (χ1v) is 10.7. The monoisotopic (exact) mass is 433 g/mol. The van der Waals surface area contributed by atoms with Crippen molar-refractivity contribution in [3.63, 3.8) is 0 Å². The standard InChI is InChI=1S/C25H17Cl2NO2/c1-25-16-8-4-2-6-14(16)20(15-7-3-5-9-17(15)25)21-22(25)24(30)28(23(21)29)19-11-10-13(26)12-18(19)27/h2-12,20-22H,1H3/t20?,21-,22+,25?/m0/s1. The predicted octanol–water partition coefficient (Wildman–Crippen LogP) is 5.56. The first kappa shape index (κ1) is 18.2. The van der Waals surface area contributed by atoms with Crippen molar-refractivity contribution in [2.75, 3.05) is 4.90 Å². The summed E-state index contributed by atoms with van der Waals surface area (Å²) in [5.41, 5.74) is 4.39. The summed E-state index contributed by atoms with van der Waals surface area (Å²) in [4.78, 5) is 28.9. The fourth-order valence-electron chi connectivity index (χ4n) is 6.05. The number of halogens is 2. The Kier molecular flexibility index (Phi) is 3.61. The van der Waals surface area contributed by atoms with Crippen LogP contribution in [-0.4, -0.2) is 11.8 Å². The third-order valence-electron chi connectivity index (χ3n) is 7.19. The maximum atomic E-state index is 13.8. The Bertz CT molecular complexity index is 1220. The van der Waals surface area contributed by atoms with Crippen molar-refractivity contribution in [3.8, 4) is 0 Å². The Hall–Kier alpha value is -2.62. The maximum Gasteiger partial charge on any atom is 0.239 e. The van der Waals surface area contributed by atoms with Crippen molar-refractivity contribution in [1.82, 2.24) is 0 Å². The molecule has 3 aromatic rings. The van der Waals surface area contributed by atoms with Crippen LogP contribution in [-0.2, 0) is 15.0 Å². The fraction of sp³-hybridized carbons (Fsp3) is 0.200. The van der Waals surface area contributed by atoms with Crippen LogP contribution in [0.3, 0.4) is 0 Å². The molecule has 1 saturated heterocycles. The van der Waals surface area contributed by atoms with Crippen LogP contribution in [0, 0.1) is 11.8 Å². The summed E-state index contributed by atoms with van der Waals surface area (Å²) < 4.78 is 0. The van der Waals surface area contributed by atoms with E-state index in [-0.39, 0.29) is 17.7 Å². The summed E-state index contributed by atoms with van der Waals surface area (Å²) in [5.74, 6) is -1.43. The number of hydrogen-bond acceptors (Lipinski definition) is 2. The highest BCUT2D eigenvalue weighted by molar-refractivity contribution is 6.38. The number of rotatable bonds is 1. The summed E-state index contributed by atoms with van der Waals surface area (Å²) in [6.45, 7) is 2.11. The van der Waals surface area contributed by atoms with Crippen LogP contribution in [0.25, 0.3) is 0 Å². The van der Waals surface area contributed by atoms with E-state index < -0.39 is 17.3 Å². The normalized spacial score (nSPS) is 28.4. The maximum absolute atomic E-state index is 13.8. The average molecular weight is 434 g/mol. The zero-order chi connectivity index (χ0) is 20.8. The molecule has 3 nitrogen and oxygen atoms in total. The number of benzene rings is 3. The molecule has 0 unspecified atom stereocenters.